The van der Waals surface area contributed by atoms with Crippen LogP contribution in [0.4, 0.5) is 0 Å². The molecule has 0 bridgehead atoms. The third-order valence-electron chi connectivity index (χ3n) is 3.31. The molecular formula is C16H23ClO2. The Balaban J connectivity index is 1.65. The van der Waals surface area contributed by atoms with E-state index in [1.807, 2.05) is 12.1 Å². The first kappa shape index (κ1) is 14.7. The van der Waals surface area contributed by atoms with Crippen molar-refractivity contribution in [3.05, 3.63) is 29.8 Å². The van der Waals surface area contributed by atoms with Crippen molar-refractivity contribution >= 4 is 11.6 Å². The van der Waals surface area contributed by atoms with Crippen molar-refractivity contribution in [2.24, 2.45) is 11.8 Å². The average molecular weight is 283 g/mol. The van der Waals surface area contributed by atoms with E-state index in [1.54, 1.807) is 0 Å². The molecule has 19 heavy (non-hydrogen) atoms. The minimum atomic E-state index is 0.386. The lowest BCUT2D eigenvalue weighted by molar-refractivity contribution is 0.127. The highest BCUT2D eigenvalue weighted by Gasteiger charge is 2.20. The highest BCUT2D eigenvalue weighted by atomic mass is 35.5. The summed E-state index contributed by atoms with van der Waals surface area (Å²) in [6, 6.07) is 8.27. The molecule has 2 nitrogen and oxygen atoms in total. The van der Waals surface area contributed by atoms with Gasteiger partial charge in [0.15, 0.2) is 0 Å². The van der Waals surface area contributed by atoms with Gasteiger partial charge in [-0.15, -0.1) is 11.6 Å². The van der Waals surface area contributed by atoms with Crippen molar-refractivity contribution in [2.45, 2.75) is 26.2 Å². The van der Waals surface area contributed by atoms with E-state index in [4.69, 9.17) is 21.1 Å². The smallest absolute Gasteiger partial charge is 0.119 e. The molecule has 0 aromatic heterocycles. The fraction of sp³-hybridized carbons (Fsp3) is 0.625. The summed E-state index contributed by atoms with van der Waals surface area (Å²) in [5.41, 5.74) is 1.30. The molecule has 0 saturated heterocycles. The zero-order chi connectivity index (χ0) is 13.5. The van der Waals surface area contributed by atoms with Crippen molar-refractivity contribution in [2.75, 3.05) is 25.7 Å². The monoisotopic (exact) mass is 282 g/mol. The van der Waals surface area contributed by atoms with Gasteiger partial charge in [0, 0.05) is 18.4 Å². The van der Waals surface area contributed by atoms with Crippen LogP contribution in [0.2, 0.25) is 0 Å². The molecule has 1 aromatic carbocycles. The van der Waals surface area contributed by atoms with Gasteiger partial charge in [-0.2, -0.15) is 0 Å². The second kappa shape index (κ2) is 7.76. The molecule has 3 heteroatoms. The van der Waals surface area contributed by atoms with Crippen LogP contribution in [0, 0.1) is 11.8 Å². The first-order valence-electron chi connectivity index (χ1n) is 7.13. The van der Waals surface area contributed by atoms with E-state index < -0.39 is 0 Å². The quantitative estimate of drug-likeness (QED) is 0.505. The Kier molecular flexibility index (Phi) is 5.99. The largest absolute Gasteiger partial charge is 0.493 e. The normalized spacial score (nSPS) is 16.3. The molecule has 1 aliphatic carbocycles. The highest BCUT2D eigenvalue weighted by Crippen LogP contribution is 2.28. The standard InChI is InChI=1S/C16H23ClO2/c1-13(10-17)11-19-16-6-4-14(5-7-16)8-9-18-12-15-2-3-15/h4-7,13,15H,2-3,8-12H2,1H3/t13-/m1/s1. The van der Waals surface area contributed by atoms with Crippen LogP contribution in [0.5, 0.6) is 5.75 Å². The SMILES string of the molecule is C[C@H](CCl)COc1ccc(CCOCC2CC2)cc1. The molecule has 106 valence electrons. The molecule has 0 N–H and O–H groups in total. The van der Waals surface area contributed by atoms with E-state index in [-0.39, 0.29) is 0 Å². The Morgan fingerprint density at radius 1 is 1.26 bits per heavy atom. The summed E-state index contributed by atoms with van der Waals surface area (Å²) < 4.78 is 11.3. The van der Waals surface area contributed by atoms with Crippen molar-refractivity contribution in [1.29, 1.82) is 0 Å². The first-order valence-corrected chi connectivity index (χ1v) is 7.67. The second-order valence-electron chi connectivity index (χ2n) is 5.48. The summed E-state index contributed by atoms with van der Waals surface area (Å²) in [7, 11) is 0. The summed E-state index contributed by atoms with van der Waals surface area (Å²) >= 11 is 5.75. The number of hydrogen-bond acceptors (Lipinski definition) is 2. The van der Waals surface area contributed by atoms with Gasteiger partial charge in [-0.25, -0.2) is 0 Å². The lowest BCUT2D eigenvalue weighted by atomic mass is 10.1. The highest BCUT2D eigenvalue weighted by molar-refractivity contribution is 6.18. The van der Waals surface area contributed by atoms with Gasteiger partial charge in [-0.3, -0.25) is 0 Å². The summed E-state index contributed by atoms with van der Waals surface area (Å²) in [5, 5.41) is 0. The maximum Gasteiger partial charge on any atom is 0.119 e. The van der Waals surface area contributed by atoms with Gasteiger partial charge in [-0.1, -0.05) is 19.1 Å². The van der Waals surface area contributed by atoms with Crippen LogP contribution in [-0.4, -0.2) is 25.7 Å². The molecule has 0 unspecified atom stereocenters. The van der Waals surface area contributed by atoms with E-state index in [1.165, 1.54) is 18.4 Å². The number of alkyl halides is 1. The van der Waals surface area contributed by atoms with Crippen LogP contribution >= 0.6 is 11.6 Å². The van der Waals surface area contributed by atoms with Gasteiger partial charge >= 0.3 is 0 Å². The van der Waals surface area contributed by atoms with Crippen LogP contribution in [0.1, 0.15) is 25.3 Å². The molecule has 1 atom stereocenters. The van der Waals surface area contributed by atoms with Crippen molar-refractivity contribution in [1.82, 2.24) is 0 Å². The topological polar surface area (TPSA) is 18.5 Å². The van der Waals surface area contributed by atoms with Crippen molar-refractivity contribution in [3.8, 4) is 5.75 Å². The molecule has 1 saturated carbocycles. The number of hydrogen-bond donors (Lipinski definition) is 0. The molecule has 0 amide bonds. The lowest BCUT2D eigenvalue weighted by Crippen LogP contribution is -2.09. The average Bonchev–Trinajstić information content (AvgIpc) is 3.26. The fourth-order valence-corrected chi connectivity index (χ4v) is 1.85. The van der Waals surface area contributed by atoms with Gasteiger partial charge in [0.05, 0.1) is 13.2 Å². The van der Waals surface area contributed by atoms with E-state index in [0.29, 0.717) is 18.4 Å². The van der Waals surface area contributed by atoms with Crippen LogP contribution in [-0.2, 0) is 11.2 Å². The predicted molar refractivity (Wildman–Crippen MR) is 79.1 cm³/mol. The summed E-state index contributed by atoms with van der Waals surface area (Å²) in [6.45, 7) is 4.52. The Labute approximate surface area is 121 Å². The van der Waals surface area contributed by atoms with E-state index in [2.05, 4.69) is 19.1 Å². The minimum absolute atomic E-state index is 0.386. The van der Waals surface area contributed by atoms with Crippen LogP contribution < -0.4 is 4.74 Å². The fourth-order valence-electron chi connectivity index (χ4n) is 1.76. The molecule has 0 radical (unpaired) electrons. The summed E-state index contributed by atoms with van der Waals surface area (Å²) in [6.07, 6.45) is 3.69. The van der Waals surface area contributed by atoms with Crippen molar-refractivity contribution < 1.29 is 9.47 Å². The zero-order valence-electron chi connectivity index (χ0n) is 11.6. The van der Waals surface area contributed by atoms with Crippen LogP contribution in [0.15, 0.2) is 24.3 Å². The Morgan fingerprint density at radius 2 is 2.00 bits per heavy atom. The van der Waals surface area contributed by atoms with Gasteiger partial charge in [0.1, 0.15) is 5.75 Å². The molecule has 0 heterocycles. The summed E-state index contributed by atoms with van der Waals surface area (Å²) in [5.74, 6) is 2.78. The third-order valence-corrected chi connectivity index (χ3v) is 3.83. The predicted octanol–water partition coefficient (Wildman–Crippen LogP) is 3.91. The van der Waals surface area contributed by atoms with Crippen LogP contribution in [0.3, 0.4) is 0 Å². The second-order valence-corrected chi connectivity index (χ2v) is 5.79. The van der Waals surface area contributed by atoms with Gasteiger partial charge in [0.25, 0.3) is 0 Å². The Morgan fingerprint density at radius 3 is 2.63 bits per heavy atom. The Hall–Kier alpha value is -0.730. The number of ether oxygens (including phenoxy) is 2. The molecule has 1 fully saturated rings. The maximum atomic E-state index is 5.75. The first-order chi connectivity index (χ1) is 9.28. The van der Waals surface area contributed by atoms with E-state index >= 15 is 0 Å². The molecule has 2 rings (SSSR count). The molecule has 1 aliphatic rings. The van der Waals surface area contributed by atoms with Crippen LogP contribution in [0.25, 0.3) is 0 Å². The molecular weight excluding hydrogens is 260 g/mol. The molecule has 0 aliphatic heterocycles. The minimum Gasteiger partial charge on any atom is -0.493 e. The summed E-state index contributed by atoms with van der Waals surface area (Å²) in [4.78, 5) is 0. The van der Waals surface area contributed by atoms with E-state index in [9.17, 15) is 0 Å². The van der Waals surface area contributed by atoms with Gasteiger partial charge < -0.3 is 9.47 Å². The zero-order valence-corrected chi connectivity index (χ0v) is 12.4. The number of rotatable bonds is 9. The number of benzene rings is 1. The van der Waals surface area contributed by atoms with E-state index in [0.717, 1.165) is 31.3 Å². The maximum absolute atomic E-state index is 5.75. The van der Waals surface area contributed by atoms with Crippen molar-refractivity contribution in [3.63, 3.8) is 0 Å². The number of halogens is 1. The van der Waals surface area contributed by atoms with Gasteiger partial charge in [0.2, 0.25) is 0 Å². The van der Waals surface area contributed by atoms with Gasteiger partial charge in [-0.05, 0) is 42.9 Å². The molecule has 1 aromatic rings. The Bertz CT molecular complexity index is 360. The molecule has 0 spiro atoms. The lowest BCUT2D eigenvalue weighted by Gasteiger charge is -2.10. The third kappa shape index (κ3) is 5.84.